The van der Waals surface area contributed by atoms with Crippen LogP contribution in [0, 0.1) is 18.2 Å². The van der Waals surface area contributed by atoms with Crippen LogP contribution in [-0.4, -0.2) is 17.5 Å². The van der Waals surface area contributed by atoms with Gasteiger partial charge in [0, 0.05) is 24.1 Å². The highest BCUT2D eigenvalue weighted by Gasteiger charge is 2.12. The van der Waals surface area contributed by atoms with Crippen molar-refractivity contribution in [2.24, 2.45) is 0 Å². The lowest BCUT2D eigenvalue weighted by Gasteiger charge is -2.11. The Hall–Kier alpha value is -2.91. The van der Waals surface area contributed by atoms with Crippen LogP contribution >= 0.6 is 11.3 Å². The zero-order valence-electron chi connectivity index (χ0n) is 14.7. The number of carbonyl (C=O) groups excluding carboxylic acids is 1. The number of carbonyl (C=O) groups is 1. The Morgan fingerprint density at radius 2 is 2.19 bits per heavy atom. The Balaban J connectivity index is 1.59. The van der Waals surface area contributed by atoms with Gasteiger partial charge in [0.25, 0.3) is 5.91 Å². The van der Waals surface area contributed by atoms with Crippen molar-refractivity contribution in [2.75, 3.05) is 6.61 Å². The van der Waals surface area contributed by atoms with Crippen LogP contribution in [0.3, 0.4) is 0 Å². The van der Waals surface area contributed by atoms with Crippen LogP contribution in [0.5, 0.6) is 5.75 Å². The predicted molar refractivity (Wildman–Crippen MR) is 105 cm³/mol. The van der Waals surface area contributed by atoms with Crippen molar-refractivity contribution >= 4 is 27.5 Å². The number of fused-ring (bicyclic) bond motifs is 1. The summed E-state index contributed by atoms with van der Waals surface area (Å²) >= 11 is 1.47. The van der Waals surface area contributed by atoms with E-state index in [1.165, 1.54) is 11.3 Å². The molecule has 0 saturated heterocycles. The molecule has 138 valence electrons. The fraction of sp³-hybridized carbons (Fsp3) is 0.238. The number of thiazole rings is 1. The van der Waals surface area contributed by atoms with Gasteiger partial charge in [-0.1, -0.05) is 12.1 Å². The molecule has 27 heavy (non-hydrogen) atoms. The molecule has 3 aromatic rings. The summed E-state index contributed by atoms with van der Waals surface area (Å²) in [6.07, 6.45) is 7.50. The number of rotatable bonds is 8. The normalized spacial score (nSPS) is 10.5. The maximum absolute atomic E-state index is 14.6. The van der Waals surface area contributed by atoms with E-state index in [9.17, 15) is 9.18 Å². The summed E-state index contributed by atoms with van der Waals surface area (Å²) in [5.41, 5.74) is 3.49. The van der Waals surface area contributed by atoms with Crippen molar-refractivity contribution in [1.29, 1.82) is 0 Å². The number of unbranched alkanes of at least 4 members (excludes halogenated alkanes) is 2. The van der Waals surface area contributed by atoms with Gasteiger partial charge in [-0.25, -0.2) is 9.37 Å². The molecule has 0 fully saturated rings. The van der Waals surface area contributed by atoms with E-state index in [1.54, 1.807) is 41.9 Å². The molecule has 0 unspecified atom stereocenters. The smallest absolute Gasteiger partial charge is 0.251 e. The number of hydrogen-bond donors (Lipinski definition) is 1. The van der Waals surface area contributed by atoms with Crippen molar-refractivity contribution in [3.8, 4) is 18.1 Å². The quantitative estimate of drug-likeness (QED) is 0.459. The zero-order chi connectivity index (χ0) is 19.1. The van der Waals surface area contributed by atoms with Gasteiger partial charge in [0.2, 0.25) is 0 Å². The Kier molecular flexibility index (Phi) is 6.39. The molecule has 1 amide bonds. The van der Waals surface area contributed by atoms with E-state index in [0.29, 0.717) is 24.2 Å². The average molecular weight is 382 g/mol. The third-order valence-corrected chi connectivity index (χ3v) is 4.84. The molecule has 1 aromatic heterocycles. The summed E-state index contributed by atoms with van der Waals surface area (Å²) in [7, 11) is 0. The minimum atomic E-state index is -0.451. The summed E-state index contributed by atoms with van der Waals surface area (Å²) in [5.74, 6) is 2.04. The number of amides is 1. The topological polar surface area (TPSA) is 51.2 Å². The Labute approximate surface area is 161 Å². The lowest BCUT2D eigenvalue weighted by atomic mass is 10.1. The van der Waals surface area contributed by atoms with Gasteiger partial charge in [-0.05, 0) is 37.1 Å². The molecule has 0 radical (unpaired) electrons. The van der Waals surface area contributed by atoms with E-state index in [-0.39, 0.29) is 18.2 Å². The second kappa shape index (κ2) is 9.15. The fourth-order valence-electron chi connectivity index (χ4n) is 2.59. The van der Waals surface area contributed by atoms with E-state index in [4.69, 9.17) is 11.2 Å². The van der Waals surface area contributed by atoms with E-state index >= 15 is 0 Å². The predicted octanol–water partition coefficient (Wildman–Crippen LogP) is 4.55. The number of aromatic nitrogens is 1. The van der Waals surface area contributed by atoms with E-state index in [1.807, 2.05) is 0 Å². The van der Waals surface area contributed by atoms with Crippen LogP contribution in [0.1, 0.15) is 35.2 Å². The number of ether oxygens (including phenoxy) is 1. The number of benzene rings is 2. The first kappa shape index (κ1) is 18.9. The highest BCUT2D eigenvalue weighted by Crippen LogP contribution is 2.22. The highest BCUT2D eigenvalue weighted by atomic mass is 32.1. The Bertz CT molecular complexity index is 978. The van der Waals surface area contributed by atoms with E-state index < -0.39 is 5.82 Å². The zero-order valence-corrected chi connectivity index (χ0v) is 15.5. The number of nitrogens with one attached hydrogen (secondary N) is 1. The molecule has 1 heterocycles. The average Bonchev–Trinajstić information content (AvgIpc) is 3.15. The van der Waals surface area contributed by atoms with Gasteiger partial charge in [0.15, 0.2) is 11.6 Å². The minimum Gasteiger partial charge on any atom is -0.491 e. The van der Waals surface area contributed by atoms with Gasteiger partial charge in [0.05, 0.1) is 22.3 Å². The van der Waals surface area contributed by atoms with Crippen LogP contribution in [-0.2, 0) is 6.54 Å². The third kappa shape index (κ3) is 4.83. The van der Waals surface area contributed by atoms with Gasteiger partial charge in [-0.15, -0.1) is 23.7 Å². The number of terminal acetylenes is 1. The SMILES string of the molecule is C#CCCCCOc1cccc(CNC(=O)c2ccc3ncsc3c2)c1F. The molecular formula is C21H19FN2O2S. The van der Waals surface area contributed by atoms with E-state index in [2.05, 4.69) is 16.2 Å². The first-order valence-corrected chi connectivity index (χ1v) is 9.52. The van der Waals surface area contributed by atoms with Crippen molar-refractivity contribution in [1.82, 2.24) is 10.3 Å². The first-order chi connectivity index (χ1) is 13.2. The maximum Gasteiger partial charge on any atom is 0.251 e. The summed E-state index contributed by atoms with van der Waals surface area (Å²) < 4.78 is 21.0. The minimum absolute atomic E-state index is 0.0830. The molecule has 0 aliphatic heterocycles. The van der Waals surface area contributed by atoms with Crippen LogP contribution in [0.25, 0.3) is 10.2 Å². The van der Waals surface area contributed by atoms with Gasteiger partial charge in [-0.3, -0.25) is 4.79 Å². The molecule has 3 rings (SSSR count). The van der Waals surface area contributed by atoms with Crippen molar-refractivity contribution < 1.29 is 13.9 Å². The molecule has 0 aliphatic rings. The molecule has 2 aromatic carbocycles. The van der Waals surface area contributed by atoms with Gasteiger partial charge in [-0.2, -0.15) is 0 Å². The largest absolute Gasteiger partial charge is 0.491 e. The third-order valence-electron chi connectivity index (χ3n) is 4.05. The van der Waals surface area contributed by atoms with Crippen molar-refractivity contribution in [3.63, 3.8) is 0 Å². The van der Waals surface area contributed by atoms with E-state index in [0.717, 1.165) is 23.1 Å². The van der Waals surface area contributed by atoms with Crippen LogP contribution < -0.4 is 10.1 Å². The Morgan fingerprint density at radius 1 is 1.30 bits per heavy atom. The number of nitrogens with zero attached hydrogens (tertiary/aromatic N) is 1. The fourth-order valence-corrected chi connectivity index (χ4v) is 3.31. The summed E-state index contributed by atoms with van der Waals surface area (Å²) in [5, 5.41) is 2.75. The summed E-state index contributed by atoms with van der Waals surface area (Å²) in [6.45, 7) is 0.489. The summed E-state index contributed by atoms with van der Waals surface area (Å²) in [4.78, 5) is 16.5. The molecule has 1 N–H and O–H groups in total. The van der Waals surface area contributed by atoms with Gasteiger partial charge >= 0.3 is 0 Å². The van der Waals surface area contributed by atoms with Crippen LogP contribution in [0.2, 0.25) is 0 Å². The van der Waals surface area contributed by atoms with Crippen molar-refractivity contribution in [3.05, 3.63) is 58.9 Å². The molecule has 4 nitrogen and oxygen atoms in total. The molecule has 0 saturated carbocycles. The van der Waals surface area contributed by atoms with Crippen LogP contribution in [0.4, 0.5) is 4.39 Å². The second-order valence-electron chi connectivity index (χ2n) is 5.96. The molecule has 6 heteroatoms. The van der Waals surface area contributed by atoms with Crippen LogP contribution in [0.15, 0.2) is 41.9 Å². The monoisotopic (exact) mass is 382 g/mol. The second-order valence-corrected chi connectivity index (χ2v) is 6.84. The Morgan fingerprint density at radius 3 is 3.04 bits per heavy atom. The standard InChI is InChI=1S/C21H19FN2O2S/c1-2-3-4-5-11-26-18-8-6-7-16(20(18)22)13-23-21(25)15-9-10-17-19(12-15)27-14-24-17/h1,6-10,12,14H,3-5,11,13H2,(H,23,25). The van der Waals surface area contributed by atoms with Gasteiger partial charge in [0.1, 0.15) is 0 Å². The lowest BCUT2D eigenvalue weighted by molar-refractivity contribution is 0.0950. The maximum atomic E-state index is 14.6. The van der Waals surface area contributed by atoms with Gasteiger partial charge < -0.3 is 10.1 Å². The number of hydrogen-bond acceptors (Lipinski definition) is 4. The molecule has 0 spiro atoms. The molecule has 0 aliphatic carbocycles. The first-order valence-electron chi connectivity index (χ1n) is 8.64. The highest BCUT2D eigenvalue weighted by molar-refractivity contribution is 7.16. The lowest BCUT2D eigenvalue weighted by Crippen LogP contribution is -2.23. The molecule has 0 bridgehead atoms. The number of halogens is 1. The molecule has 0 atom stereocenters. The van der Waals surface area contributed by atoms with Crippen molar-refractivity contribution in [2.45, 2.75) is 25.8 Å². The summed E-state index contributed by atoms with van der Waals surface area (Å²) in [6, 6.07) is 10.2. The molecular weight excluding hydrogens is 363 g/mol.